The van der Waals surface area contributed by atoms with Gasteiger partial charge >= 0.3 is 5.97 Å². The molecule has 38 heavy (non-hydrogen) atoms. The molecule has 0 saturated carbocycles. The first-order valence-electron chi connectivity index (χ1n) is 14.7. The van der Waals surface area contributed by atoms with E-state index >= 15 is 0 Å². The molecular weight excluding hydrogens is 508 g/mol. The van der Waals surface area contributed by atoms with Gasteiger partial charge in [-0.2, -0.15) is 0 Å². The van der Waals surface area contributed by atoms with Crippen LogP contribution in [0.3, 0.4) is 0 Å². The van der Waals surface area contributed by atoms with Gasteiger partial charge < -0.3 is 9.64 Å². The number of hydrogen-bond donors (Lipinski definition) is 0. The smallest absolute Gasteiger partial charge is 0.305 e. The fourth-order valence-electron chi connectivity index (χ4n) is 5.61. The van der Waals surface area contributed by atoms with Crippen molar-refractivity contribution in [1.29, 1.82) is 0 Å². The van der Waals surface area contributed by atoms with Crippen LogP contribution in [0.25, 0.3) is 0 Å². The summed E-state index contributed by atoms with van der Waals surface area (Å²) in [5, 5.41) is 0. The van der Waals surface area contributed by atoms with Crippen LogP contribution in [0.5, 0.6) is 0 Å². The lowest BCUT2D eigenvalue weighted by Gasteiger charge is -2.39. The van der Waals surface area contributed by atoms with Crippen LogP contribution in [0.4, 0.5) is 0 Å². The molecule has 208 valence electrons. The highest BCUT2D eigenvalue weighted by atomic mass is 32.2. The number of hydrogen-bond acceptors (Lipinski definition) is 6. The molecule has 0 N–H and O–H groups in total. The minimum absolute atomic E-state index is 0.0156. The van der Waals surface area contributed by atoms with Crippen LogP contribution < -0.4 is 0 Å². The van der Waals surface area contributed by atoms with Gasteiger partial charge in [0, 0.05) is 59.9 Å². The van der Waals surface area contributed by atoms with Gasteiger partial charge in [0.05, 0.1) is 6.61 Å². The zero-order chi connectivity index (χ0) is 26.6. The van der Waals surface area contributed by atoms with E-state index in [1.54, 1.807) is 0 Å². The number of piperazine rings is 1. The predicted molar refractivity (Wildman–Crippen MR) is 161 cm³/mol. The van der Waals surface area contributed by atoms with Gasteiger partial charge in [0.25, 0.3) is 0 Å². The molecule has 0 amide bonds. The van der Waals surface area contributed by atoms with E-state index in [0.717, 1.165) is 58.4 Å². The van der Waals surface area contributed by atoms with Crippen molar-refractivity contribution in [2.75, 3.05) is 45.6 Å². The fourth-order valence-corrected chi connectivity index (χ4v) is 7.18. The highest BCUT2D eigenvalue weighted by Gasteiger charge is 2.30. The van der Waals surface area contributed by atoms with E-state index in [1.165, 1.54) is 57.9 Å². The molecule has 0 spiro atoms. The zero-order valence-corrected chi connectivity index (χ0v) is 25.1. The summed E-state index contributed by atoms with van der Waals surface area (Å²) in [4.78, 5) is 21.4. The van der Waals surface area contributed by atoms with Crippen LogP contribution in [0.1, 0.15) is 81.9 Å². The summed E-state index contributed by atoms with van der Waals surface area (Å²) < 4.78 is 5.52. The standard InChI is InChI=1S/C32H46N2O2S2/c1-3-4-5-6-7-8-9-15-32(35)36-23-12-18-33-19-21-34(22-20-33)29-24-26-13-10-11-14-30(26)38-31-17-16-27(37-2)25-28(29)31/h10-11,13-14,16-17,25,29H,3-9,12,15,18-24H2,1-2H3. The average molecular weight is 555 g/mol. The second kappa shape index (κ2) is 16.0. The third-order valence-corrected chi connectivity index (χ3v) is 9.83. The van der Waals surface area contributed by atoms with Gasteiger partial charge in [0.1, 0.15) is 0 Å². The van der Waals surface area contributed by atoms with Crippen LogP contribution in [-0.2, 0) is 16.0 Å². The summed E-state index contributed by atoms with van der Waals surface area (Å²) in [6.07, 6.45) is 13.4. The fraction of sp³-hybridized carbons (Fsp3) is 0.594. The lowest BCUT2D eigenvalue weighted by molar-refractivity contribution is -0.144. The molecule has 2 aliphatic heterocycles. The maximum absolute atomic E-state index is 12.1. The van der Waals surface area contributed by atoms with Crippen molar-refractivity contribution < 1.29 is 9.53 Å². The number of carbonyl (C=O) groups excluding carboxylic acids is 1. The first kappa shape index (κ1) is 29.5. The monoisotopic (exact) mass is 554 g/mol. The van der Waals surface area contributed by atoms with Gasteiger partial charge in [0.15, 0.2) is 0 Å². The Morgan fingerprint density at radius 3 is 2.50 bits per heavy atom. The molecule has 1 saturated heterocycles. The maximum atomic E-state index is 12.1. The number of unbranched alkanes of at least 4 members (excludes halogenated alkanes) is 6. The van der Waals surface area contributed by atoms with Crippen molar-refractivity contribution in [1.82, 2.24) is 9.80 Å². The Morgan fingerprint density at radius 2 is 1.71 bits per heavy atom. The molecule has 4 nitrogen and oxygen atoms in total. The summed E-state index contributed by atoms with van der Waals surface area (Å²) in [6.45, 7) is 8.12. The van der Waals surface area contributed by atoms with Crippen LogP contribution in [0, 0.1) is 0 Å². The van der Waals surface area contributed by atoms with Gasteiger partial charge in [0.2, 0.25) is 0 Å². The van der Waals surface area contributed by atoms with E-state index in [9.17, 15) is 4.79 Å². The number of esters is 1. The van der Waals surface area contributed by atoms with E-state index < -0.39 is 0 Å². The Hall–Kier alpha value is -1.47. The van der Waals surface area contributed by atoms with Crippen molar-refractivity contribution in [2.45, 2.75) is 91.9 Å². The SMILES string of the molecule is CCCCCCCCCC(=O)OCCCN1CCN(C2Cc3ccccc3Sc3ccc(SC)cc32)CC1. The van der Waals surface area contributed by atoms with E-state index in [0.29, 0.717) is 19.1 Å². The van der Waals surface area contributed by atoms with Crippen molar-refractivity contribution in [2.24, 2.45) is 0 Å². The van der Waals surface area contributed by atoms with Crippen molar-refractivity contribution in [3.63, 3.8) is 0 Å². The Labute approximate surface area is 239 Å². The van der Waals surface area contributed by atoms with Crippen molar-refractivity contribution in [3.05, 3.63) is 53.6 Å². The molecule has 4 rings (SSSR count). The van der Waals surface area contributed by atoms with Gasteiger partial charge in [-0.15, -0.1) is 11.8 Å². The van der Waals surface area contributed by atoms with Crippen molar-refractivity contribution in [3.8, 4) is 0 Å². The molecule has 2 aromatic carbocycles. The van der Waals surface area contributed by atoms with E-state index in [-0.39, 0.29) is 5.97 Å². The lowest BCUT2D eigenvalue weighted by atomic mass is 9.96. The Morgan fingerprint density at radius 1 is 0.947 bits per heavy atom. The third kappa shape index (κ3) is 8.77. The largest absolute Gasteiger partial charge is 0.466 e. The molecule has 2 heterocycles. The number of rotatable bonds is 14. The molecule has 2 aliphatic rings. The van der Waals surface area contributed by atoms with Crippen molar-refractivity contribution >= 4 is 29.5 Å². The number of ether oxygens (including phenoxy) is 1. The molecule has 0 bridgehead atoms. The number of fused-ring (bicyclic) bond motifs is 2. The van der Waals surface area contributed by atoms with Crippen LogP contribution in [0.15, 0.2) is 57.2 Å². The van der Waals surface area contributed by atoms with E-state index in [4.69, 9.17) is 4.74 Å². The Bertz CT molecular complexity index is 1010. The Balaban J connectivity index is 1.20. The summed E-state index contributed by atoms with van der Waals surface area (Å²) in [7, 11) is 0. The van der Waals surface area contributed by atoms with Gasteiger partial charge in [-0.1, -0.05) is 75.4 Å². The number of thioether (sulfide) groups is 1. The van der Waals surface area contributed by atoms with Crippen LogP contribution >= 0.6 is 23.5 Å². The Kier molecular flexibility index (Phi) is 12.4. The number of nitrogens with zero attached hydrogens (tertiary/aromatic N) is 2. The molecule has 0 radical (unpaired) electrons. The number of carbonyl (C=O) groups is 1. The molecule has 0 aromatic heterocycles. The van der Waals surface area contributed by atoms with Gasteiger partial charge in [-0.05, 0) is 60.9 Å². The zero-order valence-electron chi connectivity index (χ0n) is 23.5. The molecule has 1 unspecified atom stereocenters. The lowest BCUT2D eigenvalue weighted by Crippen LogP contribution is -2.48. The minimum atomic E-state index is -0.0156. The number of benzene rings is 2. The molecule has 6 heteroatoms. The van der Waals surface area contributed by atoms with E-state index in [2.05, 4.69) is 65.4 Å². The third-order valence-electron chi connectivity index (χ3n) is 7.90. The predicted octanol–water partition coefficient (Wildman–Crippen LogP) is 7.85. The average Bonchev–Trinajstić information content (AvgIpc) is 3.11. The second-order valence-corrected chi connectivity index (χ2v) is 12.6. The van der Waals surface area contributed by atoms with Crippen LogP contribution in [-0.4, -0.2) is 61.4 Å². The summed E-state index contributed by atoms with van der Waals surface area (Å²) in [5.74, 6) is -0.0156. The summed E-state index contributed by atoms with van der Waals surface area (Å²) >= 11 is 3.76. The molecule has 0 aliphatic carbocycles. The topological polar surface area (TPSA) is 32.8 Å². The van der Waals surface area contributed by atoms with Gasteiger partial charge in [-0.3, -0.25) is 9.69 Å². The summed E-state index contributed by atoms with van der Waals surface area (Å²) in [5.41, 5.74) is 2.95. The highest BCUT2D eigenvalue weighted by Crippen LogP contribution is 2.44. The molecular formula is C32H46N2O2S2. The summed E-state index contributed by atoms with van der Waals surface area (Å²) in [6, 6.07) is 16.4. The highest BCUT2D eigenvalue weighted by molar-refractivity contribution is 7.99. The van der Waals surface area contributed by atoms with E-state index in [1.807, 2.05) is 23.5 Å². The quantitative estimate of drug-likeness (QED) is 0.134. The van der Waals surface area contributed by atoms with Crippen LogP contribution in [0.2, 0.25) is 0 Å². The molecule has 2 aromatic rings. The first-order chi connectivity index (χ1) is 18.7. The molecule has 1 fully saturated rings. The molecule has 1 atom stereocenters. The normalized spacial score (nSPS) is 18.0. The maximum Gasteiger partial charge on any atom is 0.305 e. The minimum Gasteiger partial charge on any atom is -0.466 e. The second-order valence-electron chi connectivity index (χ2n) is 10.7. The van der Waals surface area contributed by atoms with Gasteiger partial charge in [-0.25, -0.2) is 0 Å². The first-order valence-corrected chi connectivity index (χ1v) is 16.8.